The summed E-state index contributed by atoms with van der Waals surface area (Å²) in [7, 11) is 1.73. The lowest BCUT2D eigenvalue weighted by molar-refractivity contribution is -0.252. The molecule has 2 unspecified atom stereocenters. The molecule has 0 radical (unpaired) electrons. The Labute approximate surface area is 160 Å². The number of nitrogens with zero attached hydrogens (tertiary/aromatic N) is 3. The molecule has 1 aliphatic rings. The molecule has 4 rings (SSSR count). The molecule has 1 N–H and O–H groups in total. The van der Waals surface area contributed by atoms with Crippen LogP contribution in [0.1, 0.15) is 17.5 Å². The fraction of sp³-hybridized carbons (Fsp3) is 0.368. The summed E-state index contributed by atoms with van der Waals surface area (Å²) in [6.45, 7) is -0.00335. The molecule has 1 aromatic carbocycles. The summed E-state index contributed by atoms with van der Waals surface area (Å²) in [6.07, 6.45) is 2.86. The van der Waals surface area contributed by atoms with E-state index < -0.39 is 11.5 Å². The minimum atomic E-state index is -2.18. The van der Waals surface area contributed by atoms with E-state index in [1.54, 1.807) is 17.8 Å². The van der Waals surface area contributed by atoms with E-state index in [0.29, 0.717) is 11.0 Å². The van der Waals surface area contributed by atoms with Gasteiger partial charge in [0.25, 0.3) is 0 Å². The van der Waals surface area contributed by atoms with E-state index in [-0.39, 0.29) is 37.0 Å². The van der Waals surface area contributed by atoms with Crippen LogP contribution in [0.2, 0.25) is 5.15 Å². The van der Waals surface area contributed by atoms with Gasteiger partial charge in [-0.15, -0.1) is 0 Å². The number of hydrogen-bond donors (Lipinski definition) is 1. The van der Waals surface area contributed by atoms with Crippen LogP contribution < -0.4 is 0 Å². The number of halogens is 2. The summed E-state index contributed by atoms with van der Waals surface area (Å²) in [6, 6.07) is 9.46. The normalized spacial score (nSPS) is 25.3. The van der Waals surface area contributed by atoms with Gasteiger partial charge in [0.15, 0.2) is 10.8 Å². The Kier molecular flexibility index (Phi) is 4.63. The fourth-order valence-corrected chi connectivity index (χ4v) is 3.75. The van der Waals surface area contributed by atoms with E-state index in [1.165, 1.54) is 6.33 Å². The lowest BCUT2D eigenvalue weighted by Crippen LogP contribution is -2.48. The van der Waals surface area contributed by atoms with E-state index in [2.05, 4.69) is 9.97 Å². The van der Waals surface area contributed by atoms with Crippen LogP contribution in [0.25, 0.3) is 11.0 Å². The van der Waals surface area contributed by atoms with E-state index in [4.69, 9.17) is 21.1 Å². The molecule has 3 aromatic rings. The number of hydrogen-bond acceptors (Lipinski definition) is 5. The van der Waals surface area contributed by atoms with Gasteiger partial charge in [-0.25, -0.2) is 14.4 Å². The number of aryl methyl sites for hydroxylation is 1. The molecule has 0 bridgehead atoms. The average Bonchev–Trinajstić information content (AvgIpc) is 3.15. The number of aliphatic hydroxyl groups is 1. The molecule has 0 saturated carbocycles. The van der Waals surface area contributed by atoms with Crippen LogP contribution >= 0.6 is 11.6 Å². The minimum Gasteiger partial charge on any atom is -0.373 e. The average molecular weight is 392 g/mol. The van der Waals surface area contributed by atoms with Crippen LogP contribution in [-0.2, 0) is 28.9 Å². The molecule has 0 amide bonds. The summed E-state index contributed by atoms with van der Waals surface area (Å²) in [5, 5.41) is 11.4. The first-order chi connectivity index (χ1) is 12.9. The van der Waals surface area contributed by atoms with Gasteiger partial charge in [0.05, 0.1) is 25.4 Å². The van der Waals surface area contributed by atoms with Crippen molar-refractivity contribution in [2.75, 3.05) is 13.2 Å². The lowest BCUT2D eigenvalue weighted by Gasteiger charge is -2.33. The second kappa shape index (κ2) is 6.83. The molecular formula is C19H19ClFN3O3. The molecule has 8 heteroatoms. The summed E-state index contributed by atoms with van der Waals surface area (Å²) in [4.78, 5) is 8.13. The van der Waals surface area contributed by atoms with Crippen molar-refractivity contribution in [2.45, 2.75) is 24.5 Å². The Hall–Kier alpha value is -2.06. The van der Waals surface area contributed by atoms with Crippen molar-refractivity contribution >= 4 is 22.6 Å². The Balaban J connectivity index is 1.64. The number of fused-ring (bicyclic) bond motifs is 1. The number of aromatic nitrogens is 3. The van der Waals surface area contributed by atoms with E-state index in [9.17, 15) is 5.11 Å². The zero-order chi connectivity index (χ0) is 19.1. The maximum Gasteiger partial charge on any atom is 0.233 e. The topological polar surface area (TPSA) is 69.4 Å². The predicted molar refractivity (Wildman–Crippen MR) is 97.9 cm³/mol. The highest BCUT2D eigenvalue weighted by Gasteiger charge is 2.59. The molecule has 1 saturated heterocycles. The van der Waals surface area contributed by atoms with Gasteiger partial charge >= 0.3 is 0 Å². The molecule has 0 aliphatic carbocycles. The molecule has 1 fully saturated rings. The zero-order valence-corrected chi connectivity index (χ0v) is 15.5. The largest absolute Gasteiger partial charge is 0.373 e. The molecule has 2 atom stereocenters. The Morgan fingerprint density at radius 3 is 2.89 bits per heavy atom. The van der Waals surface area contributed by atoms with Gasteiger partial charge in [-0.3, -0.25) is 0 Å². The third-order valence-corrected chi connectivity index (χ3v) is 5.21. The van der Waals surface area contributed by atoms with Gasteiger partial charge in [-0.2, -0.15) is 0 Å². The van der Waals surface area contributed by atoms with Crippen molar-refractivity contribution in [3.05, 3.63) is 59.1 Å². The van der Waals surface area contributed by atoms with Gasteiger partial charge in [0.1, 0.15) is 17.4 Å². The second-order valence-corrected chi connectivity index (χ2v) is 7.06. The number of rotatable bonds is 5. The number of alkyl halides is 1. The van der Waals surface area contributed by atoms with Crippen molar-refractivity contribution in [3.8, 4) is 0 Å². The Bertz CT molecular complexity index is 967. The maximum absolute atomic E-state index is 15.8. The summed E-state index contributed by atoms with van der Waals surface area (Å²) in [5.41, 5.74) is -0.119. The Morgan fingerprint density at radius 1 is 1.33 bits per heavy atom. The molecule has 2 aromatic heterocycles. The van der Waals surface area contributed by atoms with E-state index in [1.807, 2.05) is 30.3 Å². The fourth-order valence-electron chi connectivity index (χ4n) is 3.49. The first-order valence-electron chi connectivity index (χ1n) is 8.57. The Morgan fingerprint density at radius 2 is 2.11 bits per heavy atom. The highest BCUT2D eigenvalue weighted by molar-refractivity contribution is 6.33. The lowest BCUT2D eigenvalue weighted by atomic mass is 9.90. The quantitative estimate of drug-likeness (QED) is 0.677. The van der Waals surface area contributed by atoms with Crippen LogP contribution in [0.5, 0.6) is 0 Å². The molecule has 142 valence electrons. The van der Waals surface area contributed by atoms with Crippen molar-refractivity contribution in [1.82, 2.24) is 14.5 Å². The highest BCUT2D eigenvalue weighted by atomic mass is 35.5. The minimum absolute atomic E-state index is 0.00743. The standard InChI is InChI=1S/C19H19ClFN3O3/c1-24-9-14(15-16(24)17(20)23-12-22-15)19(25)18(21,7-8-27-19)11-26-10-13-5-3-2-4-6-13/h2-6,9,12,25H,7-8,10-11H2,1H3. The third-order valence-electron chi connectivity index (χ3n) is 4.93. The monoisotopic (exact) mass is 391 g/mol. The van der Waals surface area contributed by atoms with Gasteiger partial charge < -0.3 is 19.1 Å². The maximum atomic E-state index is 15.8. The highest BCUT2D eigenvalue weighted by Crippen LogP contribution is 2.47. The number of benzene rings is 1. The van der Waals surface area contributed by atoms with Gasteiger partial charge in [0.2, 0.25) is 5.79 Å². The summed E-state index contributed by atoms with van der Waals surface area (Å²) in [5.74, 6) is -2.18. The van der Waals surface area contributed by atoms with Crippen LogP contribution in [-0.4, -0.2) is 38.5 Å². The summed E-state index contributed by atoms with van der Waals surface area (Å²) >= 11 is 6.14. The van der Waals surface area contributed by atoms with E-state index >= 15 is 4.39 Å². The molecule has 27 heavy (non-hydrogen) atoms. The smallest absolute Gasteiger partial charge is 0.233 e. The molecule has 0 spiro atoms. The summed E-state index contributed by atoms with van der Waals surface area (Å²) < 4.78 is 28.5. The van der Waals surface area contributed by atoms with Gasteiger partial charge in [-0.05, 0) is 5.56 Å². The van der Waals surface area contributed by atoms with Crippen LogP contribution in [0.15, 0.2) is 42.9 Å². The van der Waals surface area contributed by atoms with Crippen molar-refractivity contribution in [2.24, 2.45) is 7.05 Å². The second-order valence-electron chi connectivity index (χ2n) is 6.70. The van der Waals surface area contributed by atoms with Crippen molar-refractivity contribution < 1.29 is 19.0 Å². The molecule has 3 heterocycles. The molecular weight excluding hydrogens is 373 g/mol. The number of ether oxygens (including phenoxy) is 2. The zero-order valence-electron chi connectivity index (χ0n) is 14.7. The third kappa shape index (κ3) is 3.00. The SMILES string of the molecule is Cn1cc(C2(O)OCCC2(F)COCc2ccccc2)c2ncnc(Cl)c21. The first-order valence-corrected chi connectivity index (χ1v) is 8.95. The van der Waals surface area contributed by atoms with Crippen LogP contribution in [0, 0.1) is 0 Å². The first kappa shape index (κ1) is 18.3. The molecule has 6 nitrogen and oxygen atoms in total. The van der Waals surface area contributed by atoms with Gasteiger partial charge in [-0.1, -0.05) is 41.9 Å². The van der Waals surface area contributed by atoms with Crippen LogP contribution in [0.3, 0.4) is 0 Å². The van der Waals surface area contributed by atoms with E-state index in [0.717, 1.165) is 5.56 Å². The van der Waals surface area contributed by atoms with Crippen molar-refractivity contribution in [3.63, 3.8) is 0 Å². The van der Waals surface area contributed by atoms with Gasteiger partial charge in [0, 0.05) is 19.7 Å². The molecule has 1 aliphatic heterocycles. The predicted octanol–water partition coefficient (Wildman–Crippen LogP) is 3.11. The van der Waals surface area contributed by atoms with Crippen LogP contribution in [0.4, 0.5) is 4.39 Å². The van der Waals surface area contributed by atoms with Crippen molar-refractivity contribution in [1.29, 1.82) is 0 Å².